The molecule has 0 fully saturated rings. The number of phenolic OH excluding ortho intramolecular Hbond substituents is 1. The molecular formula is C24H39N7O6S. The molecule has 0 aliphatic rings. The topological polar surface area (TPSA) is 235 Å². The number of carboxylic acid groups (broad SMARTS) is 1. The van der Waals surface area contributed by atoms with Crippen LogP contribution >= 0.6 is 12.6 Å². The van der Waals surface area contributed by atoms with Crippen molar-refractivity contribution in [3.05, 3.63) is 29.8 Å². The lowest BCUT2D eigenvalue weighted by atomic mass is 9.96. The van der Waals surface area contributed by atoms with E-state index >= 15 is 0 Å². The first-order valence-corrected chi connectivity index (χ1v) is 12.9. The van der Waals surface area contributed by atoms with E-state index < -0.39 is 47.9 Å². The van der Waals surface area contributed by atoms with Crippen LogP contribution in [0.25, 0.3) is 0 Å². The standard InChI is InChI=1S/C24H39N7O6S/c1-3-13(2)19(22(35)29-17(23(36)37)5-4-10-28-24(26)27)31-21(34)18(30-20(33)16(25)12-38)11-14-6-8-15(32)9-7-14/h6-9,13,16-19,32,38H,3-5,10-12,25H2,1-2H3,(H,29,35)(H,30,33)(H,31,34)(H,36,37)(H4,26,27,28). The normalized spacial score (nSPS) is 14.7. The van der Waals surface area contributed by atoms with Gasteiger partial charge < -0.3 is 43.4 Å². The zero-order chi connectivity index (χ0) is 28.8. The molecule has 3 amide bonds. The molecule has 1 aromatic rings. The van der Waals surface area contributed by atoms with Gasteiger partial charge in [-0.2, -0.15) is 12.6 Å². The number of aromatic hydroxyl groups is 1. The molecule has 1 aromatic carbocycles. The number of hydrogen-bond donors (Lipinski definition) is 9. The summed E-state index contributed by atoms with van der Waals surface area (Å²) < 4.78 is 0. The number of aliphatic carboxylic acids is 1. The number of phenols is 1. The summed E-state index contributed by atoms with van der Waals surface area (Å²) >= 11 is 4.02. The van der Waals surface area contributed by atoms with Crippen LogP contribution in [0, 0.1) is 5.92 Å². The molecule has 5 atom stereocenters. The maximum Gasteiger partial charge on any atom is 0.326 e. The van der Waals surface area contributed by atoms with E-state index in [0.717, 1.165) is 0 Å². The van der Waals surface area contributed by atoms with Gasteiger partial charge in [-0.05, 0) is 36.5 Å². The molecule has 14 heteroatoms. The number of benzene rings is 1. The molecule has 0 bridgehead atoms. The minimum absolute atomic E-state index is 0.0377. The summed E-state index contributed by atoms with van der Waals surface area (Å²) in [6.45, 7) is 3.76. The summed E-state index contributed by atoms with van der Waals surface area (Å²) in [5.74, 6) is -3.57. The van der Waals surface area contributed by atoms with Crippen LogP contribution in [0.1, 0.15) is 38.7 Å². The molecule has 0 saturated carbocycles. The highest BCUT2D eigenvalue weighted by molar-refractivity contribution is 7.80. The van der Waals surface area contributed by atoms with E-state index in [1.165, 1.54) is 12.1 Å². The summed E-state index contributed by atoms with van der Waals surface area (Å²) in [6.07, 6.45) is 0.927. The Bertz CT molecular complexity index is 972. The van der Waals surface area contributed by atoms with Gasteiger partial charge in [0.25, 0.3) is 0 Å². The third-order valence-corrected chi connectivity index (χ3v) is 6.29. The minimum atomic E-state index is -1.24. The molecule has 0 spiro atoms. The first-order chi connectivity index (χ1) is 17.9. The number of hydrogen-bond acceptors (Lipinski definition) is 8. The lowest BCUT2D eigenvalue weighted by Gasteiger charge is -2.28. The third-order valence-electron chi connectivity index (χ3n) is 5.90. The molecule has 0 aromatic heterocycles. The molecule has 38 heavy (non-hydrogen) atoms. The second kappa shape index (κ2) is 16.3. The van der Waals surface area contributed by atoms with Gasteiger partial charge in [0.2, 0.25) is 17.7 Å². The van der Waals surface area contributed by atoms with Crippen molar-refractivity contribution in [3.8, 4) is 5.75 Å². The average molecular weight is 554 g/mol. The Morgan fingerprint density at radius 3 is 2.13 bits per heavy atom. The second-order valence-corrected chi connectivity index (χ2v) is 9.31. The van der Waals surface area contributed by atoms with Crippen LogP contribution < -0.4 is 33.2 Å². The van der Waals surface area contributed by atoms with Crippen LogP contribution in [0.5, 0.6) is 5.75 Å². The molecular weight excluding hydrogens is 514 g/mol. The summed E-state index contributed by atoms with van der Waals surface area (Å²) in [5.41, 5.74) is 16.9. The molecule has 0 radical (unpaired) electrons. The smallest absolute Gasteiger partial charge is 0.326 e. The van der Waals surface area contributed by atoms with Crippen LogP contribution in [0.4, 0.5) is 0 Å². The van der Waals surface area contributed by atoms with Crippen molar-refractivity contribution in [1.29, 1.82) is 0 Å². The van der Waals surface area contributed by atoms with Gasteiger partial charge in [-0.15, -0.1) is 0 Å². The SMILES string of the molecule is CCC(C)C(NC(=O)C(Cc1ccc(O)cc1)NC(=O)C(N)CS)C(=O)NC(CCCN=C(N)N)C(=O)O. The summed E-state index contributed by atoms with van der Waals surface area (Å²) in [6, 6.07) is 1.72. The van der Waals surface area contributed by atoms with Crippen molar-refractivity contribution >= 4 is 42.3 Å². The van der Waals surface area contributed by atoms with Gasteiger partial charge in [-0.3, -0.25) is 19.4 Å². The largest absolute Gasteiger partial charge is 0.508 e. The van der Waals surface area contributed by atoms with Crippen molar-refractivity contribution < 1.29 is 29.4 Å². The van der Waals surface area contributed by atoms with Crippen molar-refractivity contribution in [3.63, 3.8) is 0 Å². The Kier molecular flexibility index (Phi) is 14.0. The Labute approximate surface area is 227 Å². The molecule has 212 valence electrons. The number of nitrogens with zero attached hydrogens (tertiary/aromatic N) is 1. The molecule has 1 rings (SSSR count). The number of nitrogens with one attached hydrogen (secondary N) is 3. The first kappa shape index (κ1) is 32.5. The van der Waals surface area contributed by atoms with E-state index in [1.54, 1.807) is 19.1 Å². The van der Waals surface area contributed by atoms with E-state index in [2.05, 4.69) is 33.6 Å². The number of aliphatic imine (C=N–C) groups is 1. The number of rotatable bonds is 16. The van der Waals surface area contributed by atoms with Gasteiger partial charge >= 0.3 is 5.97 Å². The summed E-state index contributed by atoms with van der Waals surface area (Å²) in [4.78, 5) is 54.4. The highest BCUT2D eigenvalue weighted by Crippen LogP contribution is 2.14. The Balaban J connectivity index is 3.08. The van der Waals surface area contributed by atoms with Crippen LogP contribution in [0.3, 0.4) is 0 Å². The average Bonchev–Trinajstić information content (AvgIpc) is 2.88. The van der Waals surface area contributed by atoms with Crippen LogP contribution in [0.2, 0.25) is 0 Å². The highest BCUT2D eigenvalue weighted by Gasteiger charge is 2.32. The Morgan fingerprint density at radius 1 is 1.00 bits per heavy atom. The van der Waals surface area contributed by atoms with Gasteiger partial charge in [0.1, 0.15) is 23.9 Å². The number of carboxylic acids is 1. The number of thiol groups is 1. The van der Waals surface area contributed by atoms with Crippen molar-refractivity contribution in [2.75, 3.05) is 12.3 Å². The van der Waals surface area contributed by atoms with Gasteiger partial charge in [0.15, 0.2) is 5.96 Å². The van der Waals surface area contributed by atoms with Crippen LogP contribution in [-0.2, 0) is 25.6 Å². The van der Waals surface area contributed by atoms with Gasteiger partial charge in [-0.25, -0.2) is 4.79 Å². The molecule has 0 saturated heterocycles. The van der Waals surface area contributed by atoms with Crippen molar-refractivity contribution in [2.24, 2.45) is 28.1 Å². The number of guanidine groups is 1. The fraction of sp³-hybridized carbons (Fsp3) is 0.542. The zero-order valence-corrected chi connectivity index (χ0v) is 22.5. The fourth-order valence-corrected chi connectivity index (χ4v) is 3.58. The van der Waals surface area contributed by atoms with E-state index in [4.69, 9.17) is 17.2 Å². The van der Waals surface area contributed by atoms with E-state index in [0.29, 0.717) is 18.4 Å². The molecule has 0 heterocycles. The van der Waals surface area contributed by atoms with Gasteiger partial charge in [0, 0.05) is 18.7 Å². The number of carbonyl (C=O) groups excluding carboxylic acids is 3. The predicted molar refractivity (Wildman–Crippen MR) is 146 cm³/mol. The van der Waals surface area contributed by atoms with E-state index in [-0.39, 0.29) is 42.8 Å². The second-order valence-electron chi connectivity index (χ2n) is 8.94. The summed E-state index contributed by atoms with van der Waals surface area (Å²) in [5, 5.41) is 26.8. The predicted octanol–water partition coefficient (Wildman–Crippen LogP) is -1.17. The minimum Gasteiger partial charge on any atom is -0.508 e. The van der Waals surface area contributed by atoms with E-state index in [9.17, 15) is 29.4 Å². The van der Waals surface area contributed by atoms with Crippen LogP contribution in [-0.4, -0.2) is 76.3 Å². The van der Waals surface area contributed by atoms with Crippen molar-refractivity contribution in [2.45, 2.75) is 63.7 Å². The lowest BCUT2D eigenvalue weighted by Crippen LogP contribution is -2.59. The number of amides is 3. The maximum absolute atomic E-state index is 13.3. The quantitative estimate of drug-likeness (QED) is 0.0518. The van der Waals surface area contributed by atoms with Gasteiger partial charge in [0.05, 0.1) is 6.04 Å². The molecule has 11 N–H and O–H groups in total. The summed E-state index contributed by atoms with van der Waals surface area (Å²) in [7, 11) is 0. The first-order valence-electron chi connectivity index (χ1n) is 12.2. The zero-order valence-electron chi connectivity index (χ0n) is 21.6. The van der Waals surface area contributed by atoms with Gasteiger partial charge in [-0.1, -0.05) is 32.4 Å². The highest BCUT2D eigenvalue weighted by atomic mass is 32.1. The number of nitrogens with two attached hydrogens (primary N) is 3. The molecule has 0 aliphatic carbocycles. The molecule has 13 nitrogen and oxygen atoms in total. The molecule has 5 unspecified atom stereocenters. The number of carbonyl (C=O) groups is 4. The lowest BCUT2D eigenvalue weighted by molar-refractivity contribution is -0.142. The Morgan fingerprint density at radius 2 is 1.61 bits per heavy atom. The maximum atomic E-state index is 13.3. The third kappa shape index (κ3) is 11.3. The van der Waals surface area contributed by atoms with E-state index in [1.807, 2.05) is 6.92 Å². The molecule has 0 aliphatic heterocycles. The fourth-order valence-electron chi connectivity index (χ4n) is 3.42. The monoisotopic (exact) mass is 553 g/mol. The Hall–Kier alpha value is -3.52. The van der Waals surface area contributed by atoms with Crippen LogP contribution in [0.15, 0.2) is 29.3 Å². The van der Waals surface area contributed by atoms with Crippen molar-refractivity contribution in [1.82, 2.24) is 16.0 Å².